The van der Waals surface area contributed by atoms with Crippen LogP contribution in [-0.4, -0.2) is 43.1 Å². The van der Waals surface area contributed by atoms with Gasteiger partial charge < -0.3 is 9.64 Å². The van der Waals surface area contributed by atoms with Gasteiger partial charge in [0.05, 0.1) is 0 Å². The molecule has 0 bridgehead atoms. The summed E-state index contributed by atoms with van der Waals surface area (Å²) in [7, 11) is 3.37. The van der Waals surface area contributed by atoms with Crippen molar-refractivity contribution >= 4 is 11.6 Å². The molecule has 7 nitrogen and oxygen atoms in total. The van der Waals surface area contributed by atoms with Crippen molar-refractivity contribution in [3.05, 3.63) is 58.5 Å². The van der Waals surface area contributed by atoms with E-state index in [4.69, 9.17) is 9.57 Å². The summed E-state index contributed by atoms with van der Waals surface area (Å²) < 4.78 is 5.85. The molecule has 1 amide bonds. The van der Waals surface area contributed by atoms with Gasteiger partial charge in [-0.1, -0.05) is 12.1 Å². The molecular formula is C19H21N3O4. The SMILES string of the molecule is CC(ON1CC1)c1ccc(N=O)c(Oc2cccc(C(=O)N(C)C)c2)c1. The number of hydrogen-bond donors (Lipinski definition) is 0. The molecule has 1 fully saturated rings. The van der Waals surface area contributed by atoms with Crippen molar-refractivity contribution < 1.29 is 14.4 Å². The number of hydroxylamine groups is 2. The predicted molar refractivity (Wildman–Crippen MR) is 97.5 cm³/mol. The van der Waals surface area contributed by atoms with E-state index in [2.05, 4.69) is 5.18 Å². The van der Waals surface area contributed by atoms with Crippen LogP contribution in [0, 0.1) is 4.91 Å². The molecule has 1 aliphatic heterocycles. The molecular weight excluding hydrogens is 334 g/mol. The molecule has 26 heavy (non-hydrogen) atoms. The second-order valence-corrected chi connectivity index (χ2v) is 6.32. The fourth-order valence-electron chi connectivity index (χ4n) is 2.45. The van der Waals surface area contributed by atoms with E-state index >= 15 is 0 Å². The summed E-state index contributed by atoms with van der Waals surface area (Å²) in [6.45, 7) is 3.78. The van der Waals surface area contributed by atoms with E-state index in [0.29, 0.717) is 17.1 Å². The minimum atomic E-state index is -0.165. The molecule has 2 aromatic rings. The zero-order valence-electron chi connectivity index (χ0n) is 15.0. The van der Waals surface area contributed by atoms with Crippen LogP contribution in [0.5, 0.6) is 11.5 Å². The average molecular weight is 355 g/mol. The molecule has 3 rings (SSSR count). The fourth-order valence-corrected chi connectivity index (χ4v) is 2.45. The van der Waals surface area contributed by atoms with E-state index in [9.17, 15) is 9.70 Å². The molecule has 0 spiro atoms. The van der Waals surface area contributed by atoms with Crippen molar-refractivity contribution in [3.63, 3.8) is 0 Å². The van der Waals surface area contributed by atoms with Crippen LogP contribution >= 0.6 is 0 Å². The quantitative estimate of drug-likeness (QED) is 0.557. The monoisotopic (exact) mass is 355 g/mol. The van der Waals surface area contributed by atoms with Crippen LogP contribution in [0.15, 0.2) is 47.6 Å². The lowest BCUT2D eigenvalue weighted by atomic mass is 10.1. The van der Waals surface area contributed by atoms with Crippen LogP contribution in [0.2, 0.25) is 0 Å². The Morgan fingerprint density at radius 1 is 1.19 bits per heavy atom. The minimum absolute atomic E-state index is 0.126. The highest BCUT2D eigenvalue weighted by Crippen LogP contribution is 2.35. The number of benzene rings is 2. The molecule has 1 unspecified atom stereocenters. The first-order chi connectivity index (χ1) is 12.5. The molecule has 1 heterocycles. The fraction of sp³-hybridized carbons (Fsp3) is 0.316. The first-order valence-electron chi connectivity index (χ1n) is 8.36. The second-order valence-electron chi connectivity index (χ2n) is 6.32. The van der Waals surface area contributed by atoms with Crippen LogP contribution < -0.4 is 4.74 Å². The summed E-state index contributed by atoms with van der Waals surface area (Å²) in [5, 5.41) is 4.88. The molecule has 1 atom stereocenters. The maximum absolute atomic E-state index is 12.1. The molecule has 1 aliphatic rings. The number of nitroso groups, excluding NO2 is 1. The number of carbonyl (C=O) groups excluding carboxylic acids is 1. The number of hydrogen-bond acceptors (Lipinski definition) is 6. The Morgan fingerprint density at radius 3 is 2.62 bits per heavy atom. The lowest BCUT2D eigenvalue weighted by Gasteiger charge is -2.16. The summed E-state index contributed by atoms with van der Waals surface area (Å²) in [6, 6.07) is 12.0. The van der Waals surface area contributed by atoms with Crippen LogP contribution in [0.25, 0.3) is 0 Å². The van der Waals surface area contributed by atoms with Crippen molar-refractivity contribution in [1.82, 2.24) is 9.96 Å². The Hall–Kier alpha value is -2.77. The van der Waals surface area contributed by atoms with Crippen LogP contribution in [0.1, 0.15) is 28.9 Å². The normalized spacial score (nSPS) is 14.6. The van der Waals surface area contributed by atoms with Gasteiger partial charge in [-0.15, -0.1) is 4.91 Å². The summed E-state index contributed by atoms with van der Waals surface area (Å²) >= 11 is 0. The van der Waals surface area contributed by atoms with Crippen LogP contribution in [-0.2, 0) is 4.84 Å². The van der Waals surface area contributed by atoms with Crippen molar-refractivity contribution in [3.8, 4) is 11.5 Å². The molecule has 0 aromatic heterocycles. The number of carbonyl (C=O) groups is 1. The van der Waals surface area contributed by atoms with Gasteiger partial charge in [0, 0.05) is 32.7 Å². The zero-order chi connectivity index (χ0) is 18.7. The van der Waals surface area contributed by atoms with Gasteiger partial charge in [-0.3, -0.25) is 9.63 Å². The number of ether oxygens (including phenoxy) is 1. The minimum Gasteiger partial charge on any atom is -0.455 e. The molecule has 0 aliphatic carbocycles. The number of amides is 1. The van der Waals surface area contributed by atoms with E-state index < -0.39 is 0 Å². The first kappa shape index (κ1) is 18.0. The van der Waals surface area contributed by atoms with E-state index in [1.165, 1.54) is 4.90 Å². The van der Waals surface area contributed by atoms with Gasteiger partial charge in [-0.2, -0.15) is 5.06 Å². The predicted octanol–water partition coefficient (Wildman–Crippen LogP) is 3.89. The molecule has 2 aromatic carbocycles. The molecule has 1 saturated heterocycles. The van der Waals surface area contributed by atoms with Gasteiger partial charge in [0.15, 0.2) is 11.4 Å². The van der Waals surface area contributed by atoms with Gasteiger partial charge in [-0.25, -0.2) is 0 Å². The molecule has 0 radical (unpaired) electrons. The Kier molecular flexibility index (Phi) is 5.29. The number of nitrogens with zero attached hydrogens (tertiary/aromatic N) is 3. The Bertz CT molecular complexity index is 818. The standard InChI is InChI=1S/C19H21N3O4/c1-13(26-22-9-10-22)14-7-8-17(20-24)18(12-14)25-16-6-4-5-15(11-16)19(23)21(2)3/h4-8,11-13H,9-10H2,1-3H3. The lowest BCUT2D eigenvalue weighted by Crippen LogP contribution is -2.21. The van der Waals surface area contributed by atoms with Crippen molar-refractivity contribution in [1.29, 1.82) is 0 Å². The van der Waals surface area contributed by atoms with Gasteiger partial charge in [-0.05, 0) is 48.0 Å². The Labute approximate surface area is 152 Å². The third kappa shape index (κ3) is 4.25. The Balaban J connectivity index is 1.84. The lowest BCUT2D eigenvalue weighted by molar-refractivity contribution is -0.112. The van der Waals surface area contributed by atoms with Crippen molar-refractivity contribution in [2.75, 3.05) is 27.2 Å². The maximum atomic E-state index is 12.1. The van der Waals surface area contributed by atoms with Crippen LogP contribution in [0.3, 0.4) is 0 Å². The highest BCUT2D eigenvalue weighted by atomic mass is 16.7. The number of rotatable bonds is 7. The van der Waals surface area contributed by atoms with Gasteiger partial charge in [0.2, 0.25) is 0 Å². The highest BCUT2D eigenvalue weighted by Gasteiger charge is 2.22. The summed E-state index contributed by atoms with van der Waals surface area (Å²) in [4.78, 5) is 30.4. The van der Waals surface area contributed by atoms with Crippen LogP contribution in [0.4, 0.5) is 5.69 Å². The third-order valence-corrected chi connectivity index (χ3v) is 3.98. The Morgan fingerprint density at radius 2 is 1.96 bits per heavy atom. The molecule has 0 N–H and O–H groups in total. The zero-order valence-corrected chi connectivity index (χ0v) is 15.0. The van der Waals surface area contributed by atoms with Crippen molar-refractivity contribution in [2.24, 2.45) is 5.18 Å². The molecule has 136 valence electrons. The van der Waals surface area contributed by atoms with Gasteiger partial charge >= 0.3 is 0 Å². The van der Waals surface area contributed by atoms with E-state index in [1.807, 2.05) is 12.0 Å². The largest absolute Gasteiger partial charge is 0.455 e. The molecule has 7 heteroatoms. The third-order valence-electron chi connectivity index (χ3n) is 3.98. The van der Waals surface area contributed by atoms with Gasteiger partial charge in [0.1, 0.15) is 11.9 Å². The summed E-state index contributed by atoms with van der Waals surface area (Å²) in [6.07, 6.45) is -0.165. The first-order valence-corrected chi connectivity index (χ1v) is 8.36. The van der Waals surface area contributed by atoms with Crippen molar-refractivity contribution in [2.45, 2.75) is 13.0 Å². The maximum Gasteiger partial charge on any atom is 0.253 e. The van der Waals surface area contributed by atoms with Gasteiger partial charge in [0.25, 0.3) is 5.91 Å². The average Bonchev–Trinajstić information content (AvgIpc) is 3.45. The smallest absolute Gasteiger partial charge is 0.253 e. The second kappa shape index (κ2) is 7.63. The molecule has 0 saturated carbocycles. The highest BCUT2D eigenvalue weighted by molar-refractivity contribution is 5.94. The van der Waals surface area contributed by atoms with E-state index in [1.54, 1.807) is 56.6 Å². The summed E-state index contributed by atoms with van der Waals surface area (Å²) in [5.74, 6) is 0.658. The van der Waals surface area contributed by atoms with E-state index in [-0.39, 0.29) is 17.7 Å². The summed E-state index contributed by atoms with van der Waals surface area (Å²) in [5.41, 5.74) is 1.57. The van der Waals surface area contributed by atoms with E-state index in [0.717, 1.165) is 18.7 Å². The topological polar surface area (TPSA) is 71.2 Å².